The zero-order chi connectivity index (χ0) is 20.5. The smallest absolute Gasteiger partial charge is 0.322 e. The highest BCUT2D eigenvalue weighted by molar-refractivity contribution is 6.42. The summed E-state index contributed by atoms with van der Waals surface area (Å²) >= 11 is 18.0. The van der Waals surface area contributed by atoms with Crippen LogP contribution < -0.4 is 10.6 Å². The Bertz CT molecular complexity index is 929. The Balaban J connectivity index is 1.80. The number of anilines is 1. The topological polar surface area (TPSA) is 78.5 Å². The zero-order valence-electron chi connectivity index (χ0n) is 14.8. The number of hydrogen-bond acceptors (Lipinski definition) is 3. The average Bonchev–Trinajstić information content (AvgIpc) is 2.90. The van der Waals surface area contributed by atoms with Gasteiger partial charge in [-0.1, -0.05) is 72.1 Å². The van der Waals surface area contributed by atoms with Crippen molar-refractivity contribution >= 4 is 58.3 Å². The third-order valence-electron chi connectivity index (χ3n) is 4.55. The lowest BCUT2D eigenvalue weighted by Crippen LogP contribution is -2.44. The molecule has 0 radical (unpaired) electrons. The maximum absolute atomic E-state index is 13.0. The first-order valence-corrected chi connectivity index (χ1v) is 9.56. The normalized spacial score (nSPS) is 18.9. The highest BCUT2D eigenvalue weighted by atomic mass is 35.5. The van der Waals surface area contributed by atoms with Gasteiger partial charge in [0.15, 0.2) is 0 Å². The highest BCUT2D eigenvalue weighted by Crippen LogP contribution is 2.34. The molecular weight excluding hydrogens is 425 g/mol. The maximum atomic E-state index is 13.0. The van der Waals surface area contributed by atoms with Gasteiger partial charge in [-0.3, -0.25) is 14.5 Å². The van der Waals surface area contributed by atoms with E-state index in [0.717, 1.165) is 4.90 Å². The van der Waals surface area contributed by atoms with Crippen molar-refractivity contribution in [3.63, 3.8) is 0 Å². The molecule has 0 saturated carbocycles. The number of halogens is 3. The summed E-state index contributed by atoms with van der Waals surface area (Å²) in [5, 5.41) is 5.86. The van der Waals surface area contributed by atoms with Crippen molar-refractivity contribution in [2.24, 2.45) is 0 Å². The Morgan fingerprint density at radius 2 is 1.71 bits per heavy atom. The molecule has 2 N–H and O–H groups in total. The van der Waals surface area contributed by atoms with Crippen LogP contribution in [0.2, 0.25) is 15.1 Å². The molecule has 146 valence electrons. The molecule has 0 aromatic heterocycles. The molecule has 6 nitrogen and oxygen atoms in total. The van der Waals surface area contributed by atoms with E-state index in [4.69, 9.17) is 34.8 Å². The molecule has 0 bridgehead atoms. The van der Waals surface area contributed by atoms with Gasteiger partial charge in [-0.2, -0.15) is 0 Å². The number of amides is 4. The van der Waals surface area contributed by atoms with Crippen molar-refractivity contribution in [1.82, 2.24) is 10.2 Å². The van der Waals surface area contributed by atoms with E-state index in [1.165, 1.54) is 12.1 Å². The van der Waals surface area contributed by atoms with Crippen LogP contribution in [0.5, 0.6) is 0 Å². The van der Waals surface area contributed by atoms with Gasteiger partial charge in [0.05, 0.1) is 15.7 Å². The second kappa shape index (κ2) is 7.99. The molecular formula is C19H16Cl3N3O3. The van der Waals surface area contributed by atoms with Gasteiger partial charge in [-0.15, -0.1) is 0 Å². The maximum Gasteiger partial charge on any atom is 0.325 e. The number of hydrogen-bond donors (Lipinski definition) is 2. The highest BCUT2D eigenvalue weighted by Gasteiger charge is 2.51. The molecule has 9 heteroatoms. The number of rotatable bonds is 5. The lowest BCUT2D eigenvalue weighted by molar-refractivity contribution is -0.134. The van der Waals surface area contributed by atoms with E-state index in [2.05, 4.69) is 10.6 Å². The molecule has 3 rings (SSSR count). The first kappa shape index (κ1) is 20.5. The van der Waals surface area contributed by atoms with Gasteiger partial charge in [0.1, 0.15) is 12.1 Å². The summed E-state index contributed by atoms with van der Waals surface area (Å²) in [6, 6.07) is 11.1. The summed E-state index contributed by atoms with van der Waals surface area (Å²) in [4.78, 5) is 38.8. The van der Waals surface area contributed by atoms with Gasteiger partial charge in [-0.05, 0) is 24.1 Å². The van der Waals surface area contributed by atoms with E-state index >= 15 is 0 Å². The number of carbonyl (C=O) groups excluding carboxylic acids is 3. The van der Waals surface area contributed by atoms with E-state index in [0.29, 0.717) is 17.0 Å². The fourth-order valence-corrected chi connectivity index (χ4v) is 4.03. The second-order valence-corrected chi connectivity index (χ2v) is 7.49. The molecule has 0 aliphatic carbocycles. The van der Waals surface area contributed by atoms with Gasteiger partial charge in [0.25, 0.3) is 5.91 Å². The summed E-state index contributed by atoms with van der Waals surface area (Å²) in [5.41, 5.74) is -0.383. The van der Waals surface area contributed by atoms with Gasteiger partial charge in [0, 0.05) is 5.02 Å². The first-order valence-electron chi connectivity index (χ1n) is 8.42. The number of benzene rings is 2. The summed E-state index contributed by atoms with van der Waals surface area (Å²) in [7, 11) is 0. The third-order valence-corrected chi connectivity index (χ3v) is 5.36. The molecule has 2 aromatic carbocycles. The lowest BCUT2D eigenvalue weighted by atomic mass is 9.87. The van der Waals surface area contributed by atoms with Crippen molar-refractivity contribution in [2.75, 3.05) is 11.9 Å². The van der Waals surface area contributed by atoms with Crippen LogP contribution >= 0.6 is 34.8 Å². The van der Waals surface area contributed by atoms with Gasteiger partial charge in [0.2, 0.25) is 5.91 Å². The van der Waals surface area contributed by atoms with Crippen LogP contribution in [0.4, 0.5) is 10.5 Å². The van der Waals surface area contributed by atoms with Crippen LogP contribution in [0, 0.1) is 0 Å². The predicted molar refractivity (Wildman–Crippen MR) is 109 cm³/mol. The van der Waals surface area contributed by atoms with E-state index in [-0.39, 0.29) is 15.7 Å². The lowest BCUT2D eigenvalue weighted by Gasteiger charge is -2.25. The standard InChI is InChI=1S/C19H16Cl3N3O3/c1-2-19(11-6-4-3-5-7-11)17(27)25(18(28)24-19)10-15(26)23-16-13(21)8-12(20)9-14(16)22/h3-9H,2,10H2,1H3,(H,23,26)(H,24,28). The first-order chi connectivity index (χ1) is 13.3. The number of urea groups is 1. The van der Waals surface area contributed by atoms with Crippen LogP contribution in [0.1, 0.15) is 18.9 Å². The minimum absolute atomic E-state index is 0.148. The monoisotopic (exact) mass is 439 g/mol. The molecule has 1 atom stereocenters. The summed E-state index contributed by atoms with van der Waals surface area (Å²) in [6.07, 6.45) is 0.342. The van der Waals surface area contributed by atoms with Crippen molar-refractivity contribution < 1.29 is 14.4 Å². The van der Waals surface area contributed by atoms with Crippen molar-refractivity contribution in [3.8, 4) is 0 Å². The largest absolute Gasteiger partial charge is 0.325 e. The van der Waals surface area contributed by atoms with Crippen molar-refractivity contribution in [2.45, 2.75) is 18.9 Å². The van der Waals surface area contributed by atoms with Crippen LogP contribution in [-0.4, -0.2) is 29.3 Å². The Morgan fingerprint density at radius 1 is 1.11 bits per heavy atom. The third kappa shape index (κ3) is 3.68. The Labute approximate surface area is 176 Å². The van der Waals surface area contributed by atoms with Crippen LogP contribution in [0.15, 0.2) is 42.5 Å². The molecule has 1 unspecified atom stereocenters. The molecule has 1 fully saturated rings. The summed E-state index contributed by atoms with van der Waals surface area (Å²) in [6.45, 7) is 1.32. The number of carbonyl (C=O) groups is 3. The molecule has 0 spiro atoms. The van der Waals surface area contributed by atoms with E-state index in [9.17, 15) is 14.4 Å². The summed E-state index contributed by atoms with van der Waals surface area (Å²) < 4.78 is 0. The fraction of sp³-hybridized carbons (Fsp3) is 0.211. The minimum atomic E-state index is -1.20. The van der Waals surface area contributed by atoms with Crippen LogP contribution in [0.25, 0.3) is 0 Å². The number of imide groups is 1. The molecule has 4 amide bonds. The molecule has 1 aliphatic rings. The minimum Gasteiger partial charge on any atom is -0.322 e. The quantitative estimate of drug-likeness (QED) is 0.675. The molecule has 1 heterocycles. The van der Waals surface area contributed by atoms with Crippen molar-refractivity contribution in [3.05, 3.63) is 63.1 Å². The van der Waals surface area contributed by atoms with Crippen molar-refractivity contribution in [1.29, 1.82) is 0 Å². The Morgan fingerprint density at radius 3 is 2.29 bits per heavy atom. The second-order valence-electron chi connectivity index (χ2n) is 6.24. The SMILES string of the molecule is CCC1(c2ccccc2)NC(=O)N(CC(=O)Nc2c(Cl)cc(Cl)cc2Cl)C1=O. The number of nitrogens with one attached hydrogen (secondary N) is 2. The van der Waals surface area contributed by atoms with Gasteiger partial charge >= 0.3 is 6.03 Å². The van der Waals surface area contributed by atoms with E-state index in [1.807, 2.05) is 6.07 Å². The predicted octanol–water partition coefficient (Wildman–Crippen LogP) is 4.44. The molecule has 28 heavy (non-hydrogen) atoms. The number of nitrogens with zero attached hydrogens (tertiary/aromatic N) is 1. The molecule has 2 aromatic rings. The van der Waals surface area contributed by atoms with Gasteiger partial charge < -0.3 is 10.6 Å². The zero-order valence-corrected chi connectivity index (χ0v) is 17.0. The molecule has 1 saturated heterocycles. The Hall–Kier alpha value is -2.28. The van der Waals surface area contributed by atoms with Crippen LogP contribution in [0.3, 0.4) is 0 Å². The average molecular weight is 441 g/mol. The molecule has 1 aliphatic heterocycles. The van der Waals surface area contributed by atoms with Crippen LogP contribution in [-0.2, 0) is 15.1 Å². The van der Waals surface area contributed by atoms with E-state index < -0.39 is 29.9 Å². The summed E-state index contributed by atoms with van der Waals surface area (Å²) in [5.74, 6) is -1.11. The Kier molecular flexibility index (Phi) is 5.84. The van der Waals surface area contributed by atoms with E-state index in [1.54, 1.807) is 31.2 Å². The van der Waals surface area contributed by atoms with Gasteiger partial charge in [-0.25, -0.2) is 4.79 Å². The fourth-order valence-electron chi connectivity index (χ4n) is 3.12.